The van der Waals surface area contributed by atoms with Crippen molar-refractivity contribution in [1.82, 2.24) is 0 Å². The molecule has 1 amide bonds. The van der Waals surface area contributed by atoms with Crippen LogP contribution in [0.3, 0.4) is 0 Å². The Morgan fingerprint density at radius 1 is 1.19 bits per heavy atom. The Balaban J connectivity index is 2.11. The summed E-state index contributed by atoms with van der Waals surface area (Å²) in [5, 5.41) is 33.4. The van der Waals surface area contributed by atoms with Gasteiger partial charge in [0.1, 0.15) is 22.9 Å². The average Bonchev–Trinajstić information content (AvgIpc) is 2.74. The third-order valence-electron chi connectivity index (χ3n) is 4.51. The molecule has 1 aliphatic heterocycles. The standard InChI is InChI=1S/C21H22N2O4/c1-3-4-6-13(2)9-10-23-16-11-14(24)12-18(26)20(16)22-19-15(21(23)27)7-5-8-17(19)25/h3,5,7-9,11-12,22,24-26H,1,4,6,10H2,2H3/b13-9+. The van der Waals surface area contributed by atoms with E-state index < -0.39 is 0 Å². The van der Waals surface area contributed by atoms with Crippen LogP contribution in [0.25, 0.3) is 0 Å². The van der Waals surface area contributed by atoms with Gasteiger partial charge in [-0.2, -0.15) is 0 Å². The summed E-state index contributed by atoms with van der Waals surface area (Å²) in [7, 11) is 0. The largest absolute Gasteiger partial charge is 0.508 e. The second kappa shape index (κ2) is 7.45. The number of allylic oxidation sites excluding steroid dienone is 2. The van der Waals surface area contributed by atoms with Crippen molar-refractivity contribution in [3.05, 3.63) is 60.2 Å². The maximum atomic E-state index is 13.2. The van der Waals surface area contributed by atoms with Crippen LogP contribution in [0.2, 0.25) is 0 Å². The van der Waals surface area contributed by atoms with Gasteiger partial charge in [-0.1, -0.05) is 23.8 Å². The minimum atomic E-state index is -0.343. The summed E-state index contributed by atoms with van der Waals surface area (Å²) in [4.78, 5) is 14.6. The SMILES string of the molecule is C=CCC/C(C)=C/CN1C(=O)c2cccc(O)c2Nc2c(O)cc(O)cc21. The number of rotatable bonds is 5. The summed E-state index contributed by atoms with van der Waals surface area (Å²) in [5.74, 6) is -0.816. The number of hydrogen-bond acceptors (Lipinski definition) is 5. The Bertz CT molecular complexity index is 934. The first-order chi connectivity index (χ1) is 12.9. The van der Waals surface area contributed by atoms with Gasteiger partial charge in [-0.3, -0.25) is 4.79 Å². The third kappa shape index (κ3) is 3.60. The van der Waals surface area contributed by atoms with E-state index >= 15 is 0 Å². The zero-order chi connectivity index (χ0) is 19.6. The van der Waals surface area contributed by atoms with E-state index in [9.17, 15) is 20.1 Å². The zero-order valence-corrected chi connectivity index (χ0v) is 15.1. The highest BCUT2D eigenvalue weighted by Crippen LogP contribution is 2.45. The van der Waals surface area contributed by atoms with E-state index in [2.05, 4.69) is 11.9 Å². The van der Waals surface area contributed by atoms with E-state index in [0.29, 0.717) is 5.69 Å². The van der Waals surface area contributed by atoms with Gasteiger partial charge in [0.15, 0.2) is 0 Å². The van der Waals surface area contributed by atoms with Crippen LogP contribution in [0.1, 0.15) is 30.1 Å². The van der Waals surface area contributed by atoms with E-state index in [4.69, 9.17) is 0 Å². The molecule has 2 aromatic rings. The van der Waals surface area contributed by atoms with Crippen molar-refractivity contribution in [2.45, 2.75) is 19.8 Å². The minimum absolute atomic E-state index is 0.0983. The Kier molecular flexibility index (Phi) is 5.07. The monoisotopic (exact) mass is 366 g/mol. The molecule has 1 heterocycles. The number of nitrogens with one attached hydrogen (secondary N) is 1. The summed E-state index contributed by atoms with van der Waals surface area (Å²) in [6, 6.07) is 7.25. The van der Waals surface area contributed by atoms with Crippen LogP contribution in [0.5, 0.6) is 17.2 Å². The maximum absolute atomic E-state index is 13.2. The number of hydrogen-bond donors (Lipinski definition) is 4. The molecule has 3 rings (SSSR count). The number of benzene rings is 2. The number of anilines is 3. The van der Waals surface area contributed by atoms with Crippen LogP contribution >= 0.6 is 0 Å². The Hall–Kier alpha value is -3.41. The van der Waals surface area contributed by atoms with Gasteiger partial charge in [0.05, 0.1) is 16.9 Å². The van der Waals surface area contributed by atoms with Crippen molar-refractivity contribution in [2.75, 3.05) is 16.8 Å². The van der Waals surface area contributed by atoms with Crippen LogP contribution in [-0.2, 0) is 0 Å². The number of phenols is 3. The van der Waals surface area contributed by atoms with Crippen molar-refractivity contribution in [3.8, 4) is 17.2 Å². The number of amides is 1. The fourth-order valence-corrected chi connectivity index (χ4v) is 3.03. The van der Waals surface area contributed by atoms with Gasteiger partial charge in [-0.05, 0) is 31.9 Å². The summed E-state index contributed by atoms with van der Waals surface area (Å²) >= 11 is 0. The molecule has 0 radical (unpaired) electrons. The van der Waals surface area contributed by atoms with E-state index in [-0.39, 0.29) is 46.6 Å². The molecule has 27 heavy (non-hydrogen) atoms. The molecule has 0 unspecified atom stereocenters. The lowest BCUT2D eigenvalue weighted by Crippen LogP contribution is -2.30. The predicted octanol–water partition coefficient (Wildman–Crippen LogP) is 4.42. The lowest BCUT2D eigenvalue weighted by Gasteiger charge is -2.22. The second-order valence-electron chi connectivity index (χ2n) is 6.48. The number of para-hydroxylation sites is 1. The average molecular weight is 366 g/mol. The second-order valence-corrected chi connectivity index (χ2v) is 6.48. The molecule has 0 aliphatic carbocycles. The highest BCUT2D eigenvalue weighted by Gasteiger charge is 2.29. The number of carbonyl (C=O) groups is 1. The van der Waals surface area contributed by atoms with E-state index in [1.165, 1.54) is 23.1 Å². The Morgan fingerprint density at radius 3 is 2.70 bits per heavy atom. The van der Waals surface area contributed by atoms with Gasteiger partial charge in [0, 0.05) is 18.7 Å². The molecule has 1 aliphatic rings. The van der Waals surface area contributed by atoms with Crippen molar-refractivity contribution < 1.29 is 20.1 Å². The first-order valence-corrected chi connectivity index (χ1v) is 8.65. The minimum Gasteiger partial charge on any atom is -0.508 e. The number of phenolic OH excluding ortho intramolecular Hbond substituents is 3. The number of aromatic hydroxyl groups is 3. The van der Waals surface area contributed by atoms with Gasteiger partial charge in [0.2, 0.25) is 0 Å². The molecule has 6 nitrogen and oxygen atoms in total. The fraction of sp³-hybridized carbons (Fsp3) is 0.190. The molecule has 0 spiro atoms. The molecular weight excluding hydrogens is 344 g/mol. The highest BCUT2D eigenvalue weighted by molar-refractivity contribution is 6.15. The van der Waals surface area contributed by atoms with E-state index in [1.807, 2.05) is 19.1 Å². The molecule has 140 valence electrons. The fourth-order valence-electron chi connectivity index (χ4n) is 3.03. The summed E-state index contributed by atoms with van der Waals surface area (Å²) < 4.78 is 0. The van der Waals surface area contributed by atoms with Crippen LogP contribution in [0, 0.1) is 0 Å². The normalized spacial score (nSPS) is 13.4. The first-order valence-electron chi connectivity index (χ1n) is 8.65. The Morgan fingerprint density at radius 2 is 1.96 bits per heavy atom. The van der Waals surface area contributed by atoms with E-state index in [0.717, 1.165) is 18.4 Å². The van der Waals surface area contributed by atoms with Crippen molar-refractivity contribution in [3.63, 3.8) is 0 Å². The lowest BCUT2D eigenvalue weighted by atomic mass is 10.1. The molecule has 4 N–H and O–H groups in total. The van der Waals surface area contributed by atoms with Gasteiger partial charge >= 0.3 is 0 Å². The molecule has 0 aromatic heterocycles. The van der Waals surface area contributed by atoms with Gasteiger partial charge < -0.3 is 25.5 Å². The Labute approximate surface area is 157 Å². The summed E-state index contributed by atoms with van der Waals surface area (Å²) in [6.07, 6.45) is 5.44. The molecule has 0 saturated carbocycles. The topological polar surface area (TPSA) is 93.0 Å². The maximum Gasteiger partial charge on any atom is 0.260 e. The molecule has 0 atom stereocenters. The summed E-state index contributed by atoms with van der Waals surface area (Å²) in [5.41, 5.74) is 2.18. The van der Waals surface area contributed by atoms with Crippen molar-refractivity contribution in [2.24, 2.45) is 0 Å². The molecular formula is C21H22N2O4. The quantitative estimate of drug-likeness (QED) is 0.357. The number of fused-ring (bicyclic) bond motifs is 2. The van der Waals surface area contributed by atoms with Crippen LogP contribution in [0.4, 0.5) is 17.1 Å². The zero-order valence-electron chi connectivity index (χ0n) is 15.1. The van der Waals surface area contributed by atoms with Gasteiger partial charge in [0.25, 0.3) is 5.91 Å². The molecule has 0 fully saturated rings. The number of nitrogens with zero attached hydrogens (tertiary/aromatic N) is 1. The molecule has 0 bridgehead atoms. The van der Waals surface area contributed by atoms with Crippen molar-refractivity contribution >= 4 is 23.0 Å². The highest BCUT2D eigenvalue weighted by atomic mass is 16.3. The van der Waals surface area contributed by atoms with Crippen LogP contribution < -0.4 is 10.2 Å². The van der Waals surface area contributed by atoms with Crippen LogP contribution in [-0.4, -0.2) is 27.8 Å². The molecule has 2 aromatic carbocycles. The molecule has 0 saturated heterocycles. The van der Waals surface area contributed by atoms with Crippen LogP contribution in [0.15, 0.2) is 54.6 Å². The number of carbonyl (C=O) groups excluding carboxylic acids is 1. The van der Waals surface area contributed by atoms with E-state index in [1.54, 1.807) is 12.1 Å². The van der Waals surface area contributed by atoms with Gasteiger partial charge in [-0.25, -0.2) is 0 Å². The third-order valence-corrected chi connectivity index (χ3v) is 4.51. The first kappa shape index (κ1) is 18.4. The summed E-state index contributed by atoms with van der Waals surface area (Å²) in [6.45, 7) is 5.95. The van der Waals surface area contributed by atoms with Crippen molar-refractivity contribution in [1.29, 1.82) is 0 Å². The predicted molar refractivity (Wildman–Crippen MR) is 106 cm³/mol. The smallest absolute Gasteiger partial charge is 0.260 e. The van der Waals surface area contributed by atoms with Gasteiger partial charge in [-0.15, -0.1) is 6.58 Å². The lowest BCUT2D eigenvalue weighted by molar-refractivity contribution is 0.0991. The molecule has 6 heteroatoms.